The quantitative estimate of drug-likeness (QED) is 0.634. The highest BCUT2D eigenvalue weighted by atomic mass is 35.5. The van der Waals surface area contributed by atoms with E-state index in [0.717, 1.165) is 35.2 Å². The van der Waals surface area contributed by atoms with Gasteiger partial charge >= 0.3 is 0 Å². The standard InChI is InChI=1S/C22H21ClN4O4/c1-31-19-6-5-15(23)12-18(19)26-10-9-16(13-26)24-22(30)14-3-2-4-17(11-14)27-21(29)8-7-20(28)25-27/h2-8,11-12,16H,9-10,13H2,1H3,(H,24,30)(H,25,28)/t16-/m0/s1. The summed E-state index contributed by atoms with van der Waals surface area (Å²) in [6.45, 7) is 1.37. The van der Waals surface area contributed by atoms with Crippen LogP contribution in [0.25, 0.3) is 5.69 Å². The number of carbonyl (C=O) groups is 1. The highest BCUT2D eigenvalue weighted by Gasteiger charge is 2.26. The minimum Gasteiger partial charge on any atom is -0.495 e. The van der Waals surface area contributed by atoms with Crippen LogP contribution in [0.15, 0.2) is 64.2 Å². The zero-order valence-corrected chi connectivity index (χ0v) is 17.6. The van der Waals surface area contributed by atoms with Crippen LogP contribution in [0, 0.1) is 0 Å². The van der Waals surface area contributed by atoms with Gasteiger partial charge in [-0.2, -0.15) is 0 Å². The van der Waals surface area contributed by atoms with Crippen LogP contribution >= 0.6 is 11.6 Å². The number of nitrogens with one attached hydrogen (secondary N) is 2. The highest BCUT2D eigenvalue weighted by Crippen LogP contribution is 2.33. The minimum atomic E-state index is -0.406. The van der Waals surface area contributed by atoms with Crippen LogP contribution in [0.4, 0.5) is 5.69 Å². The molecule has 1 fully saturated rings. The molecular weight excluding hydrogens is 420 g/mol. The number of carbonyl (C=O) groups excluding carboxylic acids is 1. The predicted octanol–water partition coefficient (Wildman–Crippen LogP) is 2.20. The Morgan fingerprint density at radius 1 is 1.16 bits per heavy atom. The Balaban J connectivity index is 1.49. The molecule has 0 bridgehead atoms. The number of ether oxygens (including phenoxy) is 1. The molecule has 0 unspecified atom stereocenters. The van der Waals surface area contributed by atoms with Gasteiger partial charge in [0.2, 0.25) is 0 Å². The van der Waals surface area contributed by atoms with Gasteiger partial charge in [0.15, 0.2) is 0 Å². The Labute approximate surface area is 183 Å². The van der Waals surface area contributed by atoms with E-state index in [1.807, 2.05) is 12.1 Å². The number of hydrogen-bond donors (Lipinski definition) is 2. The van der Waals surface area contributed by atoms with E-state index in [1.165, 1.54) is 6.07 Å². The van der Waals surface area contributed by atoms with Crippen molar-refractivity contribution in [1.82, 2.24) is 15.1 Å². The number of nitrogens with zero attached hydrogens (tertiary/aromatic N) is 2. The number of amides is 1. The van der Waals surface area contributed by atoms with Crippen LogP contribution in [-0.4, -0.2) is 41.9 Å². The van der Waals surface area contributed by atoms with Gasteiger partial charge in [0.05, 0.1) is 18.5 Å². The first kappa shape index (κ1) is 20.7. The van der Waals surface area contributed by atoms with Crippen LogP contribution in [0.2, 0.25) is 5.02 Å². The molecule has 1 aromatic heterocycles. The van der Waals surface area contributed by atoms with Gasteiger partial charge in [0.25, 0.3) is 17.0 Å². The summed E-state index contributed by atoms with van der Waals surface area (Å²) < 4.78 is 6.54. The van der Waals surface area contributed by atoms with Gasteiger partial charge in [-0.05, 0) is 42.8 Å². The molecule has 8 nitrogen and oxygen atoms in total. The molecule has 1 amide bonds. The van der Waals surface area contributed by atoms with Crippen molar-refractivity contribution in [3.8, 4) is 11.4 Å². The number of benzene rings is 2. The topological polar surface area (TPSA) is 96.4 Å². The van der Waals surface area contributed by atoms with E-state index in [0.29, 0.717) is 22.8 Å². The van der Waals surface area contributed by atoms with Gasteiger partial charge in [-0.1, -0.05) is 17.7 Å². The fraction of sp³-hybridized carbons (Fsp3) is 0.227. The number of aromatic amines is 1. The van der Waals surface area contributed by atoms with Gasteiger partial charge < -0.3 is 15.0 Å². The van der Waals surface area contributed by atoms with Crippen molar-refractivity contribution < 1.29 is 9.53 Å². The van der Waals surface area contributed by atoms with Crippen molar-refractivity contribution in [2.24, 2.45) is 0 Å². The molecule has 9 heteroatoms. The average Bonchev–Trinajstić information content (AvgIpc) is 3.23. The fourth-order valence-corrected chi connectivity index (χ4v) is 3.84. The number of hydrogen-bond acceptors (Lipinski definition) is 5. The second kappa shape index (κ2) is 8.69. The lowest BCUT2D eigenvalue weighted by Gasteiger charge is -2.22. The van der Waals surface area contributed by atoms with E-state index in [9.17, 15) is 14.4 Å². The number of aromatic nitrogens is 2. The second-order valence-electron chi connectivity index (χ2n) is 7.25. The maximum absolute atomic E-state index is 12.8. The summed E-state index contributed by atoms with van der Waals surface area (Å²) >= 11 is 6.14. The molecule has 1 aliphatic heterocycles. The molecule has 31 heavy (non-hydrogen) atoms. The Morgan fingerprint density at radius 2 is 2.00 bits per heavy atom. The highest BCUT2D eigenvalue weighted by molar-refractivity contribution is 6.30. The third-order valence-corrected chi connectivity index (χ3v) is 5.43. The molecule has 160 valence electrons. The molecule has 3 aromatic rings. The third kappa shape index (κ3) is 4.49. The normalized spacial score (nSPS) is 15.7. The molecule has 2 N–H and O–H groups in total. The van der Waals surface area contributed by atoms with E-state index in [2.05, 4.69) is 15.3 Å². The molecule has 0 spiro atoms. The summed E-state index contributed by atoms with van der Waals surface area (Å²) in [5, 5.41) is 6.12. The molecule has 0 aliphatic carbocycles. The molecule has 4 rings (SSSR count). The van der Waals surface area contributed by atoms with Crippen LogP contribution in [0.5, 0.6) is 5.75 Å². The fourth-order valence-electron chi connectivity index (χ4n) is 3.68. The third-order valence-electron chi connectivity index (χ3n) is 5.19. The SMILES string of the molecule is COc1ccc(Cl)cc1N1CC[C@H](NC(=O)c2cccc(-n3[nH]c(=O)ccc3=O)c2)C1. The van der Waals surface area contributed by atoms with Gasteiger partial charge in [0, 0.05) is 41.9 Å². The zero-order chi connectivity index (χ0) is 22.0. The zero-order valence-electron chi connectivity index (χ0n) is 16.8. The van der Waals surface area contributed by atoms with Crippen LogP contribution in [0.1, 0.15) is 16.8 Å². The molecule has 2 heterocycles. The summed E-state index contributed by atoms with van der Waals surface area (Å²) in [6, 6.07) is 14.3. The van der Waals surface area contributed by atoms with Gasteiger partial charge in [-0.3, -0.25) is 19.5 Å². The molecule has 1 saturated heterocycles. The van der Waals surface area contributed by atoms with Crippen molar-refractivity contribution in [1.29, 1.82) is 0 Å². The van der Waals surface area contributed by atoms with Crippen molar-refractivity contribution in [3.05, 3.63) is 85.9 Å². The molecule has 1 aliphatic rings. The van der Waals surface area contributed by atoms with E-state index in [1.54, 1.807) is 37.4 Å². The van der Waals surface area contributed by atoms with E-state index >= 15 is 0 Å². The summed E-state index contributed by atoms with van der Waals surface area (Å²) in [4.78, 5) is 38.6. The lowest BCUT2D eigenvalue weighted by atomic mass is 10.1. The number of halogens is 1. The van der Waals surface area contributed by atoms with E-state index in [-0.39, 0.29) is 17.5 Å². The largest absolute Gasteiger partial charge is 0.495 e. The monoisotopic (exact) mass is 440 g/mol. The Morgan fingerprint density at radius 3 is 2.81 bits per heavy atom. The molecule has 2 aromatic carbocycles. The summed E-state index contributed by atoms with van der Waals surface area (Å²) in [7, 11) is 1.61. The Hall–Kier alpha value is -3.52. The summed E-state index contributed by atoms with van der Waals surface area (Å²) in [6.07, 6.45) is 0.770. The lowest BCUT2D eigenvalue weighted by molar-refractivity contribution is 0.0940. The second-order valence-corrected chi connectivity index (χ2v) is 7.69. The van der Waals surface area contributed by atoms with Crippen LogP contribution in [-0.2, 0) is 0 Å². The van der Waals surface area contributed by atoms with Crippen molar-refractivity contribution >= 4 is 23.2 Å². The maximum atomic E-state index is 12.8. The first-order chi connectivity index (χ1) is 14.9. The maximum Gasteiger partial charge on any atom is 0.269 e. The van der Waals surface area contributed by atoms with Crippen LogP contribution in [0.3, 0.4) is 0 Å². The van der Waals surface area contributed by atoms with Gasteiger partial charge in [-0.25, -0.2) is 4.68 Å². The lowest BCUT2D eigenvalue weighted by Crippen LogP contribution is -2.37. The number of methoxy groups -OCH3 is 1. The van der Waals surface area contributed by atoms with Crippen LogP contribution < -0.4 is 26.1 Å². The first-order valence-electron chi connectivity index (χ1n) is 9.77. The van der Waals surface area contributed by atoms with Crippen molar-refractivity contribution in [2.45, 2.75) is 12.5 Å². The molecule has 1 atom stereocenters. The molecule has 0 radical (unpaired) electrons. The number of anilines is 1. The molecular formula is C22H21ClN4O4. The number of H-pyrrole nitrogens is 1. The van der Waals surface area contributed by atoms with Gasteiger partial charge in [-0.15, -0.1) is 0 Å². The van der Waals surface area contributed by atoms with E-state index < -0.39 is 5.56 Å². The predicted molar refractivity (Wildman–Crippen MR) is 119 cm³/mol. The summed E-state index contributed by atoms with van der Waals surface area (Å²) in [5.74, 6) is 0.476. The van der Waals surface area contributed by atoms with Crippen molar-refractivity contribution in [3.63, 3.8) is 0 Å². The molecule has 0 saturated carbocycles. The Bertz CT molecular complexity index is 1240. The summed E-state index contributed by atoms with van der Waals surface area (Å²) in [5.41, 5.74) is 0.900. The smallest absolute Gasteiger partial charge is 0.269 e. The average molecular weight is 441 g/mol. The first-order valence-corrected chi connectivity index (χ1v) is 10.1. The minimum absolute atomic E-state index is 0.0564. The van der Waals surface area contributed by atoms with Gasteiger partial charge in [0.1, 0.15) is 5.75 Å². The Kier molecular flexibility index (Phi) is 5.81. The van der Waals surface area contributed by atoms with Crippen molar-refractivity contribution in [2.75, 3.05) is 25.1 Å². The number of rotatable bonds is 5. The van der Waals surface area contributed by atoms with E-state index in [4.69, 9.17) is 16.3 Å².